The molecule has 0 saturated heterocycles. The molecule has 1 saturated carbocycles. The van der Waals surface area contributed by atoms with Crippen molar-refractivity contribution in [1.82, 2.24) is 5.32 Å². The molecule has 0 aromatic carbocycles. The van der Waals surface area contributed by atoms with Gasteiger partial charge in [-0.15, -0.1) is 0 Å². The first-order valence-electron chi connectivity index (χ1n) is 5.53. The number of carbonyl (C=O) groups excluding carboxylic acids is 1. The Morgan fingerprint density at radius 1 is 1.33 bits per heavy atom. The highest BCUT2D eigenvalue weighted by Crippen LogP contribution is 2.35. The number of nitrogens with one attached hydrogen (secondary N) is 1. The third-order valence-corrected chi connectivity index (χ3v) is 3.16. The second kappa shape index (κ2) is 4.69. The van der Waals surface area contributed by atoms with E-state index < -0.39 is 0 Å². The van der Waals surface area contributed by atoms with Crippen LogP contribution in [0.2, 0.25) is 0 Å². The second-order valence-electron chi connectivity index (χ2n) is 4.69. The van der Waals surface area contributed by atoms with Gasteiger partial charge in [-0.05, 0) is 46.5 Å². The monoisotopic (exact) mass is 211 g/mol. The molecule has 1 N–H and O–H groups in total. The van der Waals surface area contributed by atoms with E-state index in [-0.39, 0.29) is 11.7 Å². The highest BCUT2D eigenvalue weighted by molar-refractivity contribution is 5.67. The van der Waals surface area contributed by atoms with Gasteiger partial charge in [0, 0.05) is 7.05 Å². The summed E-state index contributed by atoms with van der Waals surface area (Å²) in [5.41, 5.74) is 2.66. The zero-order valence-corrected chi connectivity index (χ0v) is 10.1. The van der Waals surface area contributed by atoms with E-state index in [2.05, 4.69) is 19.2 Å². The van der Waals surface area contributed by atoms with Gasteiger partial charge >= 0.3 is 6.09 Å². The molecule has 0 bridgehead atoms. The molecule has 0 radical (unpaired) electrons. The SMILES string of the molecule is CNC(=O)OC1(C)CCC(=C(C)C)CC1. The fraction of sp³-hybridized carbons (Fsp3) is 0.750. The topological polar surface area (TPSA) is 38.3 Å². The van der Waals surface area contributed by atoms with Crippen LogP contribution < -0.4 is 5.32 Å². The van der Waals surface area contributed by atoms with Crippen LogP contribution in [-0.4, -0.2) is 18.7 Å². The molecule has 0 spiro atoms. The molecule has 1 amide bonds. The molecule has 1 aliphatic rings. The molecule has 1 fully saturated rings. The summed E-state index contributed by atoms with van der Waals surface area (Å²) < 4.78 is 5.38. The van der Waals surface area contributed by atoms with Crippen LogP contribution >= 0.6 is 0 Å². The van der Waals surface area contributed by atoms with E-state index in [1.807, 2.05) is 6.92 Å². The molecule has 15 heavy (non-hydrogen) atoms. The average molecular weight is 211 g/mol. The zero-order valence-electron chi connectivity index (χ0n) is 10.1. The van der Waals surface area contributed by atoms with Gasteiger partial charge in [0.2, 0.25) is 0 Å². The molecule has 3 heteroatoms. The summed E-state index contributed by atoms with van der Waals surface area (Å²) in [5.74, 6) is 0. The molecule has 86 valence electrons. The predicted octanol–water partition coefficient (Wildman–Crippen LogP) is 3.01. The van der Waals surface area contributed by atoms with Gasteiger partial charge in [-0.25, -0.2) is 4.79 Å². The van der Waals surface area contributed by atoms with Crippen LogP contribution in [-0.2, 0) is 4.74 Å². The van der Waals surface area contributed by atoms with Gasteiger partial charge in [0.05, 0.1) is 0 Å². The third-order valence-electron chi connectivity index (χ3n) is 3.16. The van der Waals surface area contributed by atoms with E-state index in [4.69, 9.17) is 4.74 Å². The first kappa shape index (κ1) is 12.1. The number of amides is 1. The van der Waals surface area contributed by atoms with Gasteiger partial charge in [-0.2, -0.15) is 0 Å². The number of alkyl carbamates (subject to hydrolysis) is 1. The summed E-state index contributed by atoms with van der Waals surface area (Å²) in [5, 5.41) is 2.50. The van der Waals surface area contributed by atoms with Crippen molar-refractivity contribution in [2.45, 2.75) is 52.1 Å². The highest BCUT2D eigenvalue weighted by Gasteiger charge is 2.32. The molecule has 3 nitrogen and oxygen atoms in total. The summed E-state index contributed by atoms with van der Waals surface area (Å²) in [6.45, 7) is 6.32. The van der Waals surface area contributed by atoms with E-state index in [0.717, 1.165) is 25.7 Å². The molecule has 0 aromatic rings. The minimum Gasteiger partial charge on any atom is -0.443 e. The Bertz CT molecular complexity index is 267. The normalized spacial score (nSPS) is 26.0. The van der Waals surface area contributed by atoms with Crippen LogP contribution in [0.15, 0.2) is 11.1 Å². The smallest absolute Gasteiger partial charge is 0.407 e. The van der Waals surface area contributed by atoms with E-state index >= 15 is 0 Å². The average Bonchev–Trinajstić information content (AvgIpc) is 2.17. The Hall–Kier alpha value is -0.990. The van der Waals surface area contributed by atoms with Crippen molar-refractivity contribution in [3.8, 4) is 0 Å². The fourth-order valence-corrected chi connectivity index (χ4v) is 1.96. The first-order chi connectivity index (χ1) is 6.97. The maximum absolute atomic E-state index is 11.2. The quantitative estimate of drug-likeness (QED) is 0.677. The lowest BCUT2D eigenvalue weighted by Crippen LogP contribution is -2.37. The van der Waals surface area contributed by atoms with Crippen LogP contribution in [0.5, 0.6) is 0 Å². The molecule has 0 unspecified atom stereocenters. The number of hydrogen-bond donors (Lipinski definition) is 1. The van der Waals surface area contributed by atoms with Crippen LogP contribution in [0, 0.1) is 0 Å². The van der Waals surface area contributed by atoms with Gasteiger partial charge in [0.1, 0.15) is 5.60 Å². The number of rotatable bonds is 1. The molecular formula is C12H21NO2. The summed E-state index contributed by atoms with van der Waals surface area (Å²) in [4.78, 5) is 11.2. The van der Waals surface area contributed by atoms with Gasteiger partial charge in [0.15, 0.2) is 0 Å². The minimum absolute atomic E-state index is 0.279. The van der Waals surface area contributed by atoms with Crippen molar-refractivity contribution in [1.29, 1.82) is 0 Å². The lowest BCUT2D eigenvalue weighted by atomic mass is 9.82. The Morgan fingerprint density at radius 3 is 2.27 bits per heavy atom. The molecule has 1 aliphatic carbocycles. The van der Waals surface area contributed by atoms with Crippen molar-refractivity contribution in [3.63, 3.8) is 0 Å². The Kier molecular flexibility index (Phi) is 3.77. The van der Waals surface area contributed by atoms with Crippen LogP contribution in [0.1, 0.15) is 46.5 Å². The van der Waals surface area contributed by atoms with Gasteiger partial charge in [0.25, 0.3) is 0 Å². The molecule has 0 aromatic heterocycles. The Labute approximate surface area is 91.9 Å². The van der Waals surface area contributed by atoms with E-state index in [1.165, 1.54) is 11.1 Å². The third kappa shape index (κ3) is 3.26. The van der Waals surface area contributed by atoms with Crippen molar-refractivity contribution >= 4 is 6.09 Å². The molecular weight excluding hydrogens is 190 g/mol. The lowest BCUT2D eigenvalue weighted by Gasteiger charge is -2.34. The van der Waals surface area contributed by atoms with Crippen molar-refractivity contribution in [2.24, 2.45) is 0 Å². The maximum Gasteiger partial charge on any atom is 0.407 e. The van der Waals surface area contributed by atoms with Gasteiger partial charge in [-0.3, -0.25) is 0 Å². The number of hydrogen-bond acceptors (Lipinski definition) is 2. The Balaban J connectivity index is 2.55. The minimum atomic E-state index is -0.321. The summed E-state index contributed by atoms with van der Waals surface area (Å²) in [6, 6.07) is 0. The van der Waals surface area contributed by atoms with Gasteiger partial charge < -0.3 is 10.1 Å². The first-order valence-corrected chi connectivity index (χ1v) is 5.53. The van der Waals surface area contributed by atoms with Crippen LogP contribution in [0.3, 0.4) is 0 Å². The summed E-state index contributed by atoms with van der Waals surface area (Å²) in [6.07, 6.45) is 3.64. The van der Waals surface area contributed by atoms with E-state index in [9.17, 15) is 4.79 Å². The van der Waals surface area contributed by atoms with E-state index in [1.54, 1.807) is 7.05 Å². The molecule has 1 rings (SSSR count). The number of carbonyl (C=O) groups is 1. The standard InChI is InChI=1S/C12H21NO2/c1-9(2)10-5-7-12(3,8-6-10)15-11(14)13-4/h5-8H2,1-4H3,(H,13,14). The fourth-order valence-electron chi connectivity index (χ4n) is 1.96. The maximum atomic E-state index is 11.2. The summed E-state index contributed by atoms with van der Waals surface area (Å²) in [7, 11) is 1.59. The predicted molar refractivity (Wildman–Crippen MR) is 60.8 cm³/mol. The van der Waals surface area contributed by atoms with E-state index in [0.29, 0.717) is 0 Å². The van der Waals surface area contributed by atoms with Crippen LogP contribution in [0.25, 0.3) is 0 Å². The molecule has 0 aliphatic heterocycles. The highest BCUT2D eigenvalue weighted by atomic mass is 16.6. The lowest BCUT2D eigenvalue weighted by molar-refractivity contribution is 0.00631. The summed E-state index contributed by atoms with van der Waals surface area (Å²) >= 11 is 0. The van der Waals surface area contributed by atoms with Crippen LogP contribution in [0.4, 0.5) is 4.79 Å². The van der Waals surface area contributed by atoms with Crippen molar-refractivity contribution in [3.05, 3.63) is 11.1 Å². The largest absolute Gasteiger partial charge is 0.443 e. The second-order valence-corrected chi connectivity index (χ2v) is 4.69. The zero-order chi connectivity index (χ0) is 11.5. The number of ether oxygens (including phenoxy) is 1. The molecule has 0 atom stereocenters. The van der Waals surface area contributed by atoms with Gasteiger partial charge in [-0.1, -0.05) is 11.1 Å². The van der Waals surface area contributed by atoms with Crippen molar-refractivity contribution in [2.75, 3.05) is 7.05 Å². The molecule has 0 heterocycles. The Morgan fingerprint density at radius 2 is 1.87 bits per heavy atom. The number of allylic oxidation sites excluding steroid dienone is 2. The van der Waals surface area contributed by atoms with Crippen molar-refractivity contribution < 1.29 is 9.53 Å².